The summed E-state index contributed by atoms with van der Waals surface area (Å²) < 4.78 is 6.01. The molecule has 0 unspecified atom stereocenters. The monoisotopic (exact) mass is 188 g/mol. The molecule has 14 heavy (non-hydrogen) atoms. The van der Waals surface area contributed by atoms with Gasteiger partial charge in [-0.15, -0.1) is 0 Å². The van der Waals surface area contributed by atoms with Gasteiger partial charge in [-0.1, -0.05) is 0 Å². The highest BCUT2D eigenvalue weighted by atomic mass is 16.5. The fraction of sp³-hybridized carbons (Fsp3) is 0.538. The maximum atomic E-state index is 6.01. The molecule has 0 saturated heterocycles. The van der Waals surface area contributed by atoms with E-state index in [0.29, 0.717) is 0 Å². The first-order valence-electron chi connectivity index (χ1n) is 5.40. The summed E-state index contributed by atoms with van der Waals surface area (Å²) in [4.78, 5) is 0. The molecule has 1 heterocycles. The van der Waals surface area contributed by atoms with Crippen LogP contribution in [0.15, 0.2) is 6.07 Å². The molecule has 0 atom stereocenters. The van der Waals surface area contributed by atoms with Crippen molar-refractivity contribution in [3.8, 4) is 5.75 Å². The molecule has 3 rings (SSSR count). The van der Waals surface area contributed by atoms with Crippen LogP contribution in [0.3, 0.4) is 0 Å². The summed E-state index contributed by atoms with van der Waals surface area (Å²) in [5.74, 6) is 1.15. The number of benzene rings is 1. The van der Waals surface area contributed by atoms with E-state index < -0.39 is 0 Å². The van der Waals surface area contributed by atoms with Crippen LogP contribution in [-0.2, 0) is 12.8 Å². The van der Waals surface area contributed by atoms with Crippen molar-refractivity contribution in [3.63, 3.8) is 0 Å². The van der Waals surface area contributed by atoms with E-state index in [1.54, 1.807) is 5.56 Å². The molecule has 2 aliphatic rings. The molecule has 0 bridgehead atoms. The summed E-state index contributed by atoms with van der Waals surface area (Å²) in [5, 5.41) is 0. The fourth-order valence-electron chi connectivity index (χ4n) is 2.45. The summed E-state index contributed by atoms with van der Waals surface area (Å²) in [6.07, 6.45) is 3.52. The normalized spacial score (nSPS) is 20.8. The van der Waals surface area contributed by atoms with Crippen LogP contribution < -0.4 is 4.74 Å². The molecule has 0 radical (unpaired) electrons. The van der Waals surface area contributed by atoms with Crippen molar-refractivity contribution in [2.45, 2.75) is 45.6 Å². The van der Waals surface area contributed by atoms with Gasteiger partial charge >= 0.3 is 0 Å². The molecule has 1 nitrogen and oxygen atoms in total. The van der Waals surface area contributed by atoms with Crippen LogP contribution in [0.4, 0.5) is 0 Å². The van der Waals surface area contributed by atoms with Crippen LogP contribution in [0.25, 0.3) is 0 Å². The first-order chi connectivity index (χ1) is 6.57. The van der Waals surface area contributed by atoms with Gasteiger partial charge in [0.05, 0.1) is 0 Å². The summed E-state index contributed by atoms with van der Waals surface area (Å²) >= 11 is 0. The van der Waals surface area contributed by atoms with Crippen molar-refractivity contribution in [1.29, 1.82) is 0 Å². The van der Waals surface area contributed by atoms with E-state index in [0.717, 1.165) is 12.2 Å². The second-order valence-corrected chi connectivity index (χ2v) is 5.15. The van der Waals surface area contributed by atoms with Crippen LogP contribution in [0.5, 0.6) is 5.75 Å². The van der Waals surface area contributed by atoms with Gasteiger partial charge in [0.1, 0.15) is 11.4 Å². The lowest BCUT2D eigenvalue weighted by Crippen LogP contribution is -2.32. The highest BCUT2D eigenvalue weighted by molar-refractivity contribution is 5.59. The average molecular weight is 188 g/mol. The van der Waals surface area contributed by atoms with Crippen LogP contribution in [0.1, 0.15) is 42.5 Å². The van der Waals surface area contributed by atoms with E-state index in [2.05, 4.69) is 26.8 Å². The van der Waals surface area contributed by atoms with Gasteiger partial charge in [-0.25, -0.2) is 0 Å². The van der Waals surface area contributed by atoms with E-state index in [1.807, 2.05) is 0 Å². The number of hydrogen-bond acceptors (Lipinski definition) is 1. The van der Waals surface area contributed by atoms with Gasteiger partial charge in [0.15, 0.2) is 0 Å². The molecule has 74 valence electrons. The van der Waals surface area contributed by atoms with Gasteiger partial charge in [0.2, 0.25) is 0 Å². The average Bonchev–Trinajstić information content (AvgIpc) is 2.81. The van der Waals surface area contributed by atoms with E-state index >= 15 is 0 Å². The molecule has 0 saturated carbocycles. The fourth-order valence-corrected chi connectivity index (χ4v) is 2.45. The number of fused-ring (bicyclic) bond motifs is 2. The van der Waals surface area contributed by atoms with E-state index in [9.17, 15) is 0 Å². The van der Waals surface area contributed by atoms with Gasteiger partial charge in [0, 0.05) is 0 Å². The second-order valence-electron chi connectivity index (χ2n) is 5.15. The summed E-state index contributed by atoms with van der Waals surface area (Å²) in [7, 11) is 0. The van der Waals surface area contributed by atoms with Gasteiger partial charge in [0.25, 0.3) is 0 Å². The molecule has 1 aliphatic heterocycles. The zero-order valence-corrected chi connectivity index (χ0v) is 9.11. The summed E-state index contributed by atoms with van der Waals surface area (Å²) in [6.45, 7) is 6.60. The van der Waals surface area contributed by atoms with E-state index in [1.165, 1.54) is 29.5 Å². The van der Waals surface area contributed by atoms with E-state index in [-0.39, 0.29) is 5.60 Å². The Morgan fingerprint density at radius 3 is 2.86 bits per heavy atom. The quantitative estimate of drug-likeness (QED) is 0.617. The van der Waals surface area contributed by atoms with Gasteiger partial charge < -0.3 is 4.74 Å². The molecule has 0 N–H and O–H groups in total. The molecular weight excluding hydrogens is 172 g/mol. The SMILES string of the molecule is Cc1c2c(cc3c1CCC(C)(C)O3)C2. The standard InChI is InChI=1S/C13H16O/c1-8-10-4-5-13(2,3)14-12(10)7-9-6-11(8)9/h7H,4-6H2,1-3H3. The van der Waals surface area contributed by atoms with Gasteiger partial charge in [-0.3, -0.25) is 0 Å². The Hall–Kier alpha value is -0.980. The van der Waals surface area contributed by atoms with Crippen LogP contribution >= 0.6 is 0 Å². The maximum Gasteiger partial charge on any atom is 0.123 e. The van der Waals surface area contributed by atoms with E-state index in [4.69, 9.17) is 4.74 Å². The van der Waals surface area contributed by atoms with Crippen molar-refractivity contribution >= 4 is 0 Å². The highest BCUT2D eigenvalue weighted by Crippen LogP contribution is 2.43. The minimum atomic E-state index is 0.0303. The Morgan fingerprint density at radius 2 is 2.07 bits per heavy atom. The number of rotatable bonds is 0. The molecule has 1 aromatic carbocycles. The minimum Gasteiger partial charge on any atom is -0.488 e. The van der Waals surface area contributed by atoms with Crippen molar-refractivity contribution < 1.29 is 4.74 Å². The molecule has 0 fully saturated rings. The Kier molecular flexibility index (Phi) is 1.39. The first kappa shape index (κ1) is 8.34. The third-order valence-corrected chi connectivity index (χ3v) is 3.50. The number of ether oxygens (including phenoxy) is 1. The third-order valence-electron chi connectivity index (χ3n) is 3.50. The predicted octanol–water partition coefficient (Wildman–Crippen LogP) is 3.00. The molecule has 0 aromatic heterocycles. The molecule has 0 amide bonds. The second kappa shape index (κ2) is 2.33. The molecule has 1 aromatic rings. The van der Waals surface area contributed by atoms with Crippen molar-refractivity contribution in [2.75, 3.05) is 0 Å². The topological polar surface area (TPSA) is 9.23 Å². The zero-order chi connectivity index (χ0) is 9.92. The Morgan fingerprint density at radius 1 is 1.29 bits per heavy atom. The summed E-state index contributed by atoms with van der Waals surface area (Å²) in [6, 6.07) is 2.25. The van der Waals surface area contributed by atoms with Crippen molar-refractivity contribution in [1.82, 2.24) is 0 Å². The molecule has 1 heteroatoms. The maximum absolute atomic E-state index is 6.01. The number of hydrogen-bond donors (Lipinski definition) is 0. The van der Waals surface area contributed by atoms with Crippen LogP contribution in [0.2, 0.25) is 0 Å². The van der Waals surface area contributed by atoms with Gasteiger partial charge in [-0.05, 0) is 68.4 Å². The lowest BCUT2D eigenvalue weighted by Gasteiger charge is -2.33. The van der Waals surface area contributed by atoms with Crippen molar-refractivity contribution in [3.05, 3.63) is 28.3 Å². The summed E-state index contributed by atoms with van der Waals surface area (Å²) in [5.41, 5.74) is 6.06. The van der Waals surface area contributed by atoms with Crippen LogP contribution in [-0.4, -0.2) is 5.60 Å². The predicted molar refractivity (Wildman–Crippen MR) is 57.0 cm³/mol. The molecule has 0 spiro atoms. The zero-order valence-electron chi connectivity index (χ0n) is 9.11. The largest absolute Gasteiger partial charge is 0.488 e. The lowest BCUT2D eigenvalue weighted by molar-refractivity contribution is 0.0845. The molecular formula is C13H16O. The Balaban J connectivity index is 2.12. The Labute approximate surface area is 85.1 Å². The lowest BCUT2D eigenvalue weighted by atomic mass is 9.92. The third kappa shape index (κ3) is 1.08. The first-order valence-corrected chi connectivity index (χ1v) is 5.40. The van der Waals surface area contributed by atoms with Gasteiger partial charge in [-0.2, -0.15) is 0 Å². The highest BCUT2D eigenvalue weighted by Gasteiger charge is 2.32. The van der Waals surface area contributed by atoms with Crippen LogP contribution in [0, 0.1) is 6.92 Å². The smallest absolute Gasteiger partial charge is 0.123 e. The van der Waals surface area contributed by atoms with Crippen molar-refractivity contribution in [2.24, 2.45) is 0 Å². The minimum absolute atomic E-state index is 0.0303. The Bertz CT molecular complexity index is 416. The molecule has 1 aliphatic carbocycles.